The van der Waals surface area contributed by atoms with Gasteiger partial charge < -0.3 is 35.6 Å². The molecule has 1 aliphatic heterocycles. The standard InChI is InChI=1S/C24H32N8O3/c1-30(2)11-10-26-22(33)17-4-6-18(7-5-17)32-23(25)28-24(29-32)27-20-9-8-19(16-21(20)34-3)31-12-14-35-15-13-31/h4-9,16H,10-15H2,1-3H3,(H,26,33)(H3,25,27,28,29). The largest absolute Gasteiger partial charge is 0.494 e. The zero-order chi connectivity index (χ0) is 24.8. The minimum atomic E-state index is -0.125. The summed E-state index contributed by atoms with van der Waals surface area (Å²) in [5, 5.41) is 10.6. The van der Waals surface area contributed by atoms with Crippen LogP contribution in [0.5, 0.6) is 5.75 Å². The van der Waals surface area contributed by atoms with Crippen molar-refractivity contribution in [2.45, 2.75) is 0 Å². The molecule has 0 radical (unpaired) electrons. The van der Waals surface area contributed by atoms with Gasteiger partial charge in [-0.05, 0) is 50.5 Å². The molecule has 4 rings (SSSR count). The first-order valence-electron chi connectivity index (χ1n) is 11.5. The van der Waals surface area contributed by atoms with Crippen LogP contribution in [0.3, 0.4) is 0 Å². The number of likely N-dealkylation sites (N-methyl/N-ethyl adjacent to an activating group) is 1. The number of carbonyl (C=O) groups is 1. The lowest BCUT2D eigenvalue weighted by Gasteiger charge is -2.29. The van der Waals surface area contributed by atoms with Crippen molar-refractivity contribution in [3.63, 3.8) is 0 Å². The summed E-state index contributed by atoms with van der Waals surface area (Å²) >= 11 is 0. The van der Waals surface area contributed by atoms with E-state index in [1.54, 1.807) is 31.4 Å². The normalized spacial score (nSPS) is 13.7. The third kappa shape index (κ3) is 6.00. The van der Waals surface area contributed by atoms with Crippen LogP contribution in [0.15, 0.2) is 42.5 Å². The summed E-state index contributed by atoms with van der Waals surface area (Å²) in [7, 11) is 5.55. The van der Waals surface area contributed by atoms with Crippen molar-refractivity contribution in [3.05, 3.63) is 48.0 Å². The summed E-state index contributed by atoms with van der Waals surface area (Å²) < 4.78 is 12.5. The molecule has 1 aliphatic rings. The van der Waals surface area contributed by atoms with Crippen LogP contribution in [-0.4, -0.2) is 86.2 Å². The molecule has 0 aliphatic carbocycles. The summed E-state index contributed by atoms with van der Waals surface area (Å²) in [6.07, 6.45) is 0. The van der Waals surface area contributed by atoms with Gasteiger partial charge in [-0.25, -0.2) is 0 Å². The van der Waals surface area contributed by atoms with E-state index < -0.39 is 0 Å². The minimum Gasteiger partial charge on any atom is -0.494 e. The predicted octanol–water partition coefficient (Wildman–Crippen LogP) is 1.73. The monoisotopic (exact) mass is 480 g/mol. The van der Waals surface area contributed by atoms with E-state index in [4.69, 9.17) is 15.2 Å². The third-order valence-corrected chi connectivity index (χ3v) is 5.66. The van der Waals surface area contributed by atoms with Crippen LogP contribution in [0.25, 0.3) is 5.69 Å². The Balaban J connectivity index is 1.45. The lowest BCUT2D eigenvalue weighted by molar-refractivity contribution is 0.0951. The fourth-order valence-electron chi connectivity index (χ4n) is 3.74. The highest BCUT2D eigenvalue weighted by Crippen LogP contribution is 2.32. The molecule has 0 bridgehead atoms. The molecule has 0 atom stereocenters. The van der Waals surface area contributed by atoms with Gasteiger partial charge in [0.15, 0.2) is 0 Å². The zero-order valence-electron chi connectivity index (χ0n) is 20.3. The van der Waals surface area contributed by atoms with Gasteiger partial charge in [-0.1, -0.05) is 0 Å². The quantitative estimate of drug-likeness (QED) is 0.420. The maximum Gasteiger partial charge on any atom is 0.251 e. The maximum atomic E-state index is 12.3. The number of methoxy groups -OCH3 is 1. The first-order chi connectivity index (χ1) is 16.9. The van der Waals surface area contributed by atoms with Crippen molar-refractivity contribution < 1.29 is 14.3 Å². The molecule has 2 heterocycles. The number of amides is 1. The second-order valence-electron chi connectivity index (χ2n) is 8.42. The Labute approximate surface area is 204 Å². The van der Waals surface area contributed by atoms with Gasteiger partial charge in [0, 0.05) is 43.5 Å². The first kappa shape index (κ1) is 24.3. The average Bonchev–Trinajstić information content (AvgIpc) is 3.24. The Morgan fingerprint density at radius 1 is 1.14 bits per heavy atom. The van der Waals surface area contributed by atoms with E-state index in [1.165, 1.54) is 4.68 Å². The molecule has 0 spiro atoms. The van der Waals surface area contributed by atoms with E-state index in [-0.39, 0.29) is 11.9 Å². The van der Waals surface area contributed by atoms with E-state index >= 15 is 0 Å². The van der Waals surface area contributed by atoms with E-state index in [2.05, 4.69) is 25.6 Å². The van der Waals surface area contributed by atoms with Gasteiger partial charge in [-0.3, -0.25) is 4.79 Å². The topological polar surface area (TPSA) is 123 Å². The zero-order valence-corrected chi connectivity index (χ0v) is 20.3. The predicted molar refractivity (Wildman–Crippen MR) is 136 cm³/mol. The van der Waals surface area contributed by atoms with Crippen molar-refractivity contribution in [2.24, 2.45) is 0 Å². The SMILES string of the molecule is COc1cc(N2CCOCC2)ccc1Nc1nc(N)n(-c2ccc(C(=O)NCCN(C)C)cc2)n1. The van der Waals surface area contributed by atoms with Gasteiger partial charge in [0.2, 0.25) is 11.9 Å². The van der Waals surface area contributed by atoms with Crippen LogP contribution < -0.4 is 26.0 Å². The fourth-order valence-corrected chi connectivity index (χ4v) is 3.74. The smallest absolute Gasteiger partial charge is 0.251 e. The molecule has 0 saturated carbocycles. The molecule has 4 N–H and O–H groups in total. The molecule has 186 valence electrons. The summed E-state index contributed by atoms with van der Waals surface area (Å²) in [6.45, 7) is 4.46. The number of hydrogen-bond acceptors (Lipinski definition) is 9. The van der Waals surface area contributed by atoms with Crippen molar-refractivity contribution in [2.75, 3.05) is 76.5 Å². The number of morpholine rings is 1. The maximum absolute atomic E-state index is 12.3. The van der Waals surface area contributed by atoms with Crippen molar-refractivity contribution in [1.82, 2.24) is 25.0 Å². The summed E-state index contributed by atoms with van der Waals surface area (Å²) in [5.74, 6) is 1.11. The first-order valence-corrected chi connectivity index (χ1v) is 11.5. The second kappa shape index (κ2) is 11.1. The Hall–Kier alpha value is -3.83. The van der Waals surface area contributed by atoms with Gasteiger partial charge in [-0.2, -0.15) is 9.67 Å². The van der Waals surface area contributed by atoms with Crippen LogP contribution >= 0.6 is 0 Å². The molecular weight excluding hydrogens is 448 g/mol. The van der Waals surface area contributed by atoms with Crippen LogP contribution in [0.1, 0.15) is 10.4 Å². The summed E-state index contributed by atoms with van der Waals surface area (Å²) in [6, 6.07) is 13.0. The molecular formula is C24H32N8O3. The highest BCUT2D eigenvalue weighted by Gasteiger charge is 2.16. The number of nitrogens with one attached hydrogen (secondary N) is 2. The minimum absolute atomic E-state index is 0.125. The van der Waals surface area contributed by atoms with Gasteiger partial charge in [0.05, 0.1) is 31.7 Å². The number of anilines is 4. The van der Waals surface area contributed by atoms with Crippen molar-refractivity contribution in [1.29, 1.82) is 0 Å². The Kier molecular flexibility index (Phi) is 7.68. The lowest BCUT2D eigenvalue weighted by Crippen LogP contribution is -2.36. The number of carbonyl (C=O) groups excluding carboxylic acids is 1. The number of rotatable bonds is 9. The molecule has 1 aromatic heterocycles. The van der Waals surface area contributed by atoms with Gasteiger partial charge >= 0.3 is 0 Å². The number of hydrogen-bond donors (Lipinski definition) is 3. The highest BCUT2D eigenvalue weighted by atomic mass is 16.5. The molecule has 1 saturated heterocycles. The number of aromatic nitrogens is 3. The number of nitrogens with zero attached hydrogens (tertiary/aromatic N) is 5. The van der Waals surface area contributed by atoms with Crippen LogP contribution in [-0.2, 0) is 4.74 Å². The van der Waals surface area contributed by atoms with E-state index in [0.717, 1.165) is 31.0 Å². The number of nitrogens with two attached hydrogens (primary N) is 1. The molecule has 0 unspecified atom stereocenters. The Morgan fingerprint density at radius 2 is 1.86 bits per heavy atom. The highest BCUT2D eigenvalue weighted by molar-refractivity contribution is 5.94. The third-order valence-electron chi connectivity index (χ3n) is 5.66. The molecule has 1 fully saturated rings. The van der Waals surface area contributed by atoms with Crippen LogP contribution in [0, 0.1) is 0 Å². The lowest BCUT2D eigenvalue weighted by atomic mass is 10.2. The molecule has 11 nitrogen and oxygen atoms in total. The number of ether oxygens (including phenoxy) is 2. The van der Waals surface area contributed by atoms with E-state index in [9.17, 15) is 4.79 Å². The average molecular weight is 481 g/mol. The Bertz CT molecular complexity index is 1140. The molecule has 11 heteroatoms. The van der Waals surface area contributed by atoms with Crippen molar-refractivity contribution in [3.8, 4) is 11.4 Å². The van der Waals surface area contributed by atoms with Gasteiger partial charge in [-0.15, -0.1) is 5.10 Å². The van der Waals surface area contributed by atoms with E-state index in [1.807, 2.05) is 37.2 Å². The van der Waals surface area contributed by atoms with Crippen LogP contribution in [0.4, 0.5) is 23.3 Å². The van der Waals surface area contributed by atoms with Crippen molar-refractivity contribution >= 4 is 29.2 Å². The van der Waals surface area contributed by atoms with Crippen LogP contribution in [0.2, 0.25) is 0 Å². The number of nitrogen functional groups attached to an aromatic ring is 1. The number of benzene rings is 2. The molecule has 35 heavy (non-hydrogen) atoms. The molecule has 2 aromatic carbocycles. The summed E-state index contributed by atoms with van der Waals surface area (Å²) in [4.78, 5) is 20.9. The van der Waals surface area contributed by atoms with E-state index in [0.29, 0.717) is 42.7 Å². The summed E-state index contributed by atoms with van der Waals surface area (Å²) in [5.41, 5.74) is 9.19. The Morgan fingerprint density at radius 3 is 2.54 bits per heavy atom. The second-order valence-corrected chi connectivity index (χ2v) is 8.42. The fraction of sp³-hybridized carbons (Fsp3) is 0.375. The molecule has 1 amide bonds. The molecule has 3 aromatic rings. The van der Waals surface area contributed by atoms with Gasteiger partial charge in [0.25, 0.3) is 5.91 Å². The van der Waals surface area contributed by atoms with Gasteiger partial charge in [0.1, 0.15) is 5.75 Å².